The molecule has 0 aliphatic rings. The Morgan fingerprint density at radius 3 is 2.64 bits per heavy atom. The van der Waals surface area contributed by atoms with Crippen LogP contribution in [0.4, 0.5) is 0 Å². The Hall–Kier alpha value is -1.01. The standard InChI is InChI=1S/C11H14N2S/c1-7(2)4-9-5-8(3)10(6-12)11(14)13-9/h5,7H,4H2,1-3H3,(H,13,14). The van der Waals surface area contributed by atoms with Crippen molar-refractivity contribution in [3.63, 3.8) is 0 Å². The van der Waals surface area contributed by atoms with Crippen LogP contribution in [0.25, 0.3) is 0 Å². The SMILES string of the molecule is Cc1cc(CC(C)C)nc(S)c1C#N. The molecule has 3 heteroatoms. The van der Waals surface area contributed by atoms with Gasteiger partial charge in [0.05, 0.1) is 5.56 Å². The Balaban J connectivity index is 3.09. The van der Waals surface area contributed by atoms with Gasteiger partial charge < -0.3 is 0 Å². The molecule has 0 N–H and O–H groups in total. The van der Waals surface area contributed by atoms with Gasteiger partial charge in [0, 0.05) is 5.69 Å². The molecule has 74 valence electrons. The maximum absolute atomic E-state index is 8.83. The number of aromatic nitrogens is 1. The lowest BCUT2D eigenvalue weighted by atomic mass is 10.0. The third-order valence-electron chi connectivity index (χ3n) is 1.98. The summed E-state index contributed by atoms with van der Waals surface area (Å²) in [7, 11) is 0. The third-order valence-corrected chi connectivity index (χ3v) is 2.30. The van der Waals surface area contributed by atoms with E-state index in [1.54, 1.807) is 0 Å². The number of pyridine rings is 1. The van der Waals surface area contributed by atoms with E-state index in [9.17, 15) is 0 Å². The van der Waals surface area contributed by atoms with Crippen molar-refractivity contribution in [2.75, 3.05) is 0 Å². The monoisotopic (exact) mass is 206 g/mol. The zero-order valence-electron chi connectivity index (χ0n) is 8.70. The molecule has 0 amide bonds. The zero-order chi connectivity index (χ0) is 10.7. The molecule has 0 saturated heterocycles. The lowest BCUT2D eigenvalue weighted by Gasteiger charge is -2.07. The van der Waals surface area contributed by atoms with Gasteiger partial charge in [0.1, 0.15) is 11.1 Å². The van der Waals surface area contributed by atoms with E-state index >= 15 is 0 Å². The van der Waals surface area contributed by atoms with Crippen molar-refractivity contribution < 1.29 is 0 Å². The summed E-state index contributed by atoms with van der Waals surface area (Å²) in [6, 6.07) is 4.08. The van der Waals surface area contributed by atoms with Crippen molar-refractivity contribution in [1.82, 2.24) is 4.98 Å². The molecule has 1 heterocycles. The van der Waals surface area contributed by atoms with Crippen LogP contribution < -0.4 is 0 Å². The minimum Gasteiger partial charge on any atom is -0.245 e. The molecule has 0 spiro atoms. The first kappa shape index (κ1) is 11.1. The first-order chi connectivity index (χ1) is 6.54. The van der Waals surface area contributed by atoms with Crippen molar-refractivity contribution in [3.8, 4) is 6.07 Å². The van der Waals surface area contributed by atoms with E-state index in [4.69, 9.17) is 5.26 Å². The topological polar surface area (TPSA) is 36.7 Å². The van der Waals surface area contributed by atoms with Crippen molar-refractivity contribution in [1.29, 1.82) is 5.26 Å². The molecule has 0 atom stereocenters. The maximum atomic E-state index is 8.83. The fourth-order valence-corrected chi connectivity index (χ4v) is 1.74. The summed E-state index contributed by atoms with van der Waals surface area (Å²) in [5.41, 5.74) is 2.56. The summed E-state index contributed by atoms with van der Waals surface area (Å²) in [6.45, 7) is 6.21. The normalized spacial score (nSPS) is 10.3. The van der Waals surface area contributed by atoms with Gasteiger partial charge in [0.15, 0.2) is 0 Å². The molecular formula is C11H14N2S. The predicted molar refractivity (Wildman–Crippen MR) is 59.5 cm³/mol. The van der Waals surface area contributed by atoms with Gasteiger partial charge in [-0.15, -0.1) is 12.6 Å². The molecule has 0 saturated carbocycles. The van der Waals surface area contributed by atoms with E-state index in [1.807, 2.05) is 13.0 Å². The molecule has 14 heavy (non-hydrogen) atoms. The van der Waals surface area contributed by atoms with Crippen molar-refractivity contribution in [2.24, 2.45) is 5.92 Å². The minimum absolute atomic E-state index is 0.545. The summed E-state index contributed by atoms with van der Waals surface area (Å²) < 4.78 is 0. The van der Waals surface area contributed by atoms with E-state index in [-0.39, 0.29) is 0 Å². The van der Waals surface area contributed by atoms with Gasteiger partial charge in [-0.3, -0.25) is 0 Å². The summed E-state index contributed by atoms with van der Waals surface area (Å²) >= 11 is 4.21. The van der Waals surface area contributed by atoms with E-state index in [0.717, 1.165) is 17.7 Å². The first-order valence-electron chi connectivity index (χ1n) is 4.64. The van der Waals surface area contributed by atoms with Crippen molar-refractivity contribution in [3.05, 3.63) is 22.9 Å². The highest BCUT2D eigenvalue weighted by Crippen LogP contribution is 2.17. The second-order valence-corrected chi connectivity index (χ2v) is 4.26. The van der Waals surface area contributed by atoms with Crippen LogP contribution in [0.1, 0.15) is 30.7 Å². The molecule has 1 rings (SSSR count). The Labute approximate surface area is 90.4 Å². The molecule has 1 aromatic rings. The number of aryl methyl sites for hydroxylation is 1. The average molecular weight is 206 g/mol. The molecule has 2 nitrogen and oxygen atoms in total. The van der Waals surface area contributed by atoms with Crippen LogP contribution in [0.5, 0.6) is 0 Å². The molecule has 0 aliphatic carbocycles. The molecule has 0 bridgehead atoms. The number of nitriles is 1. The Kier molecular flexibility index (Phi) is 3.54. The van der Waals surface area contributed by atoms with Crippen LogP contribution in [0.15, 0.2) is 11.1 Å². The Morgan fingerprint density at radius 2 is 2.21 bits per heavy atom. The molecule has 0 fully saturated rings. The van der Waals surface area contributed by atoms with Gasteiger partial charge in [0.25, 0.3) is 0 Å². The smallest absolute Gasteiger partial charge is 0.111 e. The van der Waals surface area contributed by atoms with Crippen LogP contribution >= 0.6 is 12.6 Å². The van der Waals surface area contributed by atoms with Crippen LogP contribution in [-0.2, 0) is 6.42 Å². The Bertz CT molecular complexity index is 354. The maximum Gasteiger partial charge on any atom is 0.111 e. The van der Waals surface area contributed by atoms with Gasteiger partial charge >= 0.3 is 0 Å². The zero-order valence-corrected chi connectivity index (χ0v) is 9.60. The highest BCUT2D eigenvalue weighted by Gasteiger charge is 2.07. The predicted octanol–water partition coefficient (Wildman–Crippen LogP) is 2.75. The summed E-state index contributed by atoms with van der Waals surface area (Å²) in [5.74, 6) is 0.572. The van der Waals surface area contributed by atoms with E-state index < -0.39 is 0 Å². The number of thiol groups is 1. The fourth-order valence-electron chi connectivity index (χ4n) is 1.38. The lowest BCUT2D eigenvalue weighted by molar-refractivity contribution is 0.631. The van der Waals surface area contributed by atoms with Crippen molar-refractivity contribution in [2.45, 2.75) is 32.2 Å². The highest BCUT2D eigenvalue weighted by atomic mass is 32.1. The fraction of sp³-hybridized carbons (Fsp3) is 0.455. The first-order valence-corrected chi connectivity index (χ1v) is 5.09. The number of hydrogen-bond donors (Lipinski definition) is 1. The molecular weight excluding hydrogens is 192 g/mol. The largest absolute Gasteiger partial charge is 0.245 e. The Morgan fingerprint density at radius 1 is 1.57 bits per heavy atom. The molecule has 0 aromatic carbocycles. The third kappa shape index (κ3) is 2.49. The van der Waals surface area contributed by atoms with Crippen LogP contribution in [0, 0.1) is 24.2 Å². The van der Waals surface area contributed by atoms with Crippen LogP contribution in [0.2, 0.25) is 0 Å². The summed E-state index contributed by atoms with van der Waals surface area (Å²) in [4.78, 5) is 4.29. The molecule has 1 aromatic heterocycles. The van der Waals surface area contributed by atoms with E-state index in [1.165, 1.54) is 0 Å². The van der Waals surface area contributed by atoms with E-state index in [2.05, 4.69) is 37.5 Å². The van der Waals surface area contributed by atoms with E-state index in [0.29, 0.717) is 16.5 Å². The number of rotatable bonds is 2. The van der Waals surface area contributed by atoms with Gasteiger partial charge in [0.2, 0.25) is 0 Å². The van der Waals surface area contributed by atoms with Gasteiger partial charge in [-0.1, -0.05) is 13.8 Å². The van der Waals surface area contributed by atoms with Crippen molar-refractivity contribution >= 4 is 12.6 Å². The second kappa shape index (κ2) is 4.47. The quantitative estimate of drug-likeness (QED) is 0.755. The lowest BCUT2D eigenvalue weighted by Crippen LogP contribution is -2.00. The molecule has 0 radical (unpaired) electrons. The van der Waals surface area contributed by atoms with Gasteiger partial charge in [-0.2, -0.15) is 5.26 Å². The highest BCUT2D eigenvalue weighted by molar-refractivity contribution is 7.80. The summed E-state index contributed by atoms with van der Waals surface area (Å²) in [6.07, 6.45) is 0.931. The second-order valence-electron chi connectivity index (χ2n) is 3.84. The average Bonchev–Trinajstić information content (AvgIpc) is 2.01. The minimum atomic E-state index is 0.545. The van der Waals surface area contributed by atoms with Gasteiger partial charge in [-0.05, 0) is 30.9 Å². The molecule has 0 aliphatic heterocycles. The van der Waals surface area contributed by atoms with Crippen LogP contribution in [0.3, 0.4) is 0 Å². The number of nitrogens with zero attached hydrogens (tertiary/aromatic N) is 2. The summed E-state index contributed by atoms with van der Waals surface area (Å²) in [5, 5.41) is 9.38. The number of hydrogen-bond acceptors (Lipinski definition) is 3. The van der Waals surface area contributed by atoms with Crippen LogP contribution in [-0.4, -0.2) is 4.98 Å². The molecule has 0 unspecified atom stereocenters. The van der Waals surface area contributed by atoms with Gasteiger partial charge in [-0.25, -0.2) is 4.98 Å².